The first-order valence-electron chi connectivity index (χ1n) is 7.66. The summed E-state index contributed by atoms with van der Waals surface area (Å²) in [6, 6.07) is 4.29. The van der Waals surface area contributed by atoms with Crippen molar-refractivity contribution in [1.82, 2.24) is 15.3 Å². The molecule has 25 heavy (non-hydrogen) atoms. The summed E-state index contributed by atoms with van der Waals surface area (Å²) in [4.78, 5) is 39.1. The Hall–Kier alpha value is -2.65. The van der Waals surface area contributed by atoms with E-state index in [1.807, 2.05) is 0 Å². The molecule has 0 spiro atoms. The van der Waals surface area contributed by atoms with Gasteiger partial charge in [-0.3, -0.25) is 9.78 Å². The van der Waals surface area contributed by atoms with Crippen molar-refractivity contribution in [2.45, 2.75) is 38.6 Å². The first kappa shape index (κ1) is 18.7. The number of hydrogen-bond acceptors (Lipinski definition) is 6. The van der Waals surface area contributed by atoms with E-state index < -0.39 is 35.2 Å². The van der Waals surface area contributed by atoms with Crippen LogP contribution in [0.15, 0.2) is 27.8 Å². The fourth-order valence-corrected chi connectivity index (χ4v) is 2.20. The largest absolute Gasteiger partial charge is 0.444 e. The van der Waals surface area contributed by atoms with Gasteiger partial charge in [0.15, 0.2) is 0 Å². The van der Waals surface area contributed by atoms with E-state index in [2.05, 4.69) is 15.3 Å². The second kappa shape index (κ2) is 7.08. The van der Waals surface area contributed by atoms with E-state index in [1.54, 1.807) is 20.8 Å². The molecule has 0 fully saturated rings. The molecule has 1 aromatic heterocycles. The Bertz CT molecular complexity index is 880. The predicted octanol–water partition coefficient (Wildman–Crippen LogP) is 0.135. The minimum atomic E-state index is -1.34. The van der Waals surface area contributed by atoms with Crippen LogP contribution in [0.5, 0.6) is 0 Å². The lowest BCUT2D eigenvalue weighted by Gasteiger charge is -2.22. The highest BCUT2D eigenvalue weighted by Crippen LogP contribution is 2.19. The molecule has 2 rings (SSSR count). The SMILES string of the molecule is CC(C)(C)OC(=O)NCC(O)C(O)c1ccc2[nH]c(=O)[nH]c(=O)c2c1. The summed E-state index contributed by atoms with van der Waals surface area (Å²) in [5, 5.41) is 22.8. The van der Waals surface area contributed by atoms with Crippen LogP contribution in [0.2, 0.25) is 0 Å². The van der Waals surface area contributed by atoms with Gasteiger partial charge in [-0.2, -0.15) is 0 Å². The van der Waals surface area contributed by atoms with Crippen LogP contribution in [-0.4, -0.2) is 44.5 Å². The Labute approximate surface area is 142 Å². The highest BCUT2D eigenvalue weighted by molar-refractivity contribution is 5.78. The maximum absolute atomic E-state index is 11.8. The molecule has 0 saturated heterocycles. The molecule has 1 amide bonds. The van der Waals surface area contributed by atoms with Crippen molar-refractivity contribution in [1.29, 1.82) is 0 Å². The summed E-state index contributed by atoms with van der Waals surface area (Å²) in [6.45, 7) is 4.87. The number of hydrogen-bond donors (Lipinski definition) is 5. The number of aliphatic hydroxyl groups is 2. The number of nitrogens with one attached hydrogen (secondary N) is 3. The number of rotatable bonds is 4. The predicted molar refractivity (Wildman–Crippen MR) is 90.4 cm³/mol. The molecule has 2 aromatic rings. The zero-order chi connectivity index (χ0) is 18.8. The molecule has 0 aliphatic heterocycles. The van der Waals surface area contributed by atoms with Crippen LogP contribution in [0.25, 0.3) is 10.9 Å². The number of aliphatic hydroxyl groups excluding tert-OH is 2. The van der Waals surface area contributed by atoms with E-state index in [9.17, 15) is 24.6 Å². The summed E-state index contributed by atoms with van der Waals surface area (Å²) in [5.74, 6) is 0. The summed E-state index contributed by atoms with van der Waals surface area (Å²) in [5.41, 5.74) is -1.33. The zero-order valence-electron chi connectivity index (χ0n) is 14.1. The molecule has 5 N–H and O–H groups in total. The van der Waals surface area contributed by atoms with E-state index in [4.69, 9.17) is 4.74 Å². The monoisotopic (exact) mass is 351 g/mol. The molecule has 0 radical (unpaired) electrons. The highest BCUT2D eigenvalue weighted by Gasteiger charge is 2.22. The molecule has 0 aliphatic carbocycles. The van der Waals surface area contributed by atoms with E-state index >= 15 is 0 Å². The second-order valence-electron chi connectivity index (χ2n) is 6.61. The van der Waals surface area contributed by atoms with Gasteiger partial charge < -0.3 is 25.3 Å². The zero-order valence-corrected chi connectivity index (χ0v) is 14.1. The molecule has 9 nitrogen and oxygen atoms in total. The van der Waals surface area contributed by atoms with Crippen molar-refractivity contribution in [2.24, 2.45) is 0 Å². The van der Waals surface area contributed by atoms with Crippen molar-refractivity contribution in [3.63, 3.8) is 0 Å². The third kappa shape index (κ3) is 4.91. The average Bonchev–Trinajstić information content (AvgIpc) is 2.49. The molecule has 1 aromatic carbocycles. The number of carbonyl (C=O) groups excluding carboxylic acids is 1. The van der Waals surface area contributed by atoms with Crippen molar-refractivity contribution in [3.05, 3.63) is 44.6 Å². The smallest absolute Gasteiger partial charge is 0.407 e. The van der Waals surface area contributed by atoms with Gasteiger partial charge in [0.1, 0.15) is 17.8 Å². The van der Waals surface area contributed by atoms with Crippen LogP contribution < -0.4 is 16.6 Å². The summed E-state index contributed by atoms with van der Waals surface area (Å²) < 4.78 is 5.04. The van der Waals surface area contributed by atoms with E-state index in [0.29, 0.717) is 5.52 Å². The van der Waals surface area contributed by atoms with Gasteiger partial charge in [0, 0.05) is 6.54 Å². The molecule has 136 valence electrons. The number of alkyl carbamates (subject to hydrolysis) is 1. The maximum Gasteiger partial charge on any atom is 0.407 e. The van der Waals surface area contributed by atoms with E-state index in [1.165, 1.54) is 18.2 Å². The first-order chi connectivity index (χ1) is 11.6. The second-order valence-corrected chi connectivity index (χ2v) is 6.61. The number of benzene rings is 1. The number of amides is 1. The van der Waals surface area contributed by atoms with Gasteiger partial charge in [-0.05, 0) is 38.5 Å². The van der Waals surface area contributed by atoms with Crippen LogP contribution in [0.4, 0.5) is 4.79 Å². The minimum Gasteiger partial charge on any atom is -0.444 e. The van der Waals surface area contributed by atoms with Gasteiger partial charge in [0.25, 0.3) is 5.56 Å². The van der Waals surface area contributed by atoms with Crippen molar-refractivity contribution < 1.29 is 19.7 Å². The Morgan fingerprint density at radius 2 is 1.92 bits per heavy atom. The molecule has 0 bridgehead atoms. The van der Waals surface area contributed by atoms with Crippen LogP contribution >= 0.6 is 0 Å². The van der Waals surface area contributed by atoms with Gasteiger partial charge in [-0.1, -0.05) is 6.07 Å². The lowest BCUT2D eigenvalue weighted by atomic mass is 10.0. The number of H-pyrrole nitrogens is 2. The van der Waals surface area contributed by atoms with Crippen LogP contribution in [0, 0.1) is 0 Å². The van der Waals surface area contributed by atoms with Crippen molar-refractivity contribution in [3.8, 4) is 0 Å². The molecular weight excluding hydrogens is 330 g/mol. The Morgan fingerprint density at radius 1 is 1.24 bits per heavy atom. The lowest BCUT2D eigenvalue weighted by Crippen LogP contribution is -2.38. The van der Waals surface area contributed by atoms with Gasteiger partial charge in [-0.15, -0.1) is 0 Å². The molecule has 0 saturated carbocycles. The third-order valence-corrected chi connectivity index (χ3v) is 3.32. The van der Waals surface area contributed by atoms with Crippen LogP contribution in [-0.2, 0) is 4.74 Å². The first-order valence-corrected chi connectivity index (χ1v) is 7.66. The van der Waals surface area contributed by atoms with Gasteiger partial charge in [0.05, 0.1) is 10.9 Å². The number of fused-ring (bicyclic) bond motifs is 1. The minimum absolute atomic E-state index is 0.170. The molecular formula is C16H21N3O6. The van der Waals surface area contributed by atoms with Crippen molar-refractivity contribution >= 4 is 17.0 Å². The summed E-state index contributed by atoms with van der Waals surface area (Å²) in [6.07, 6.45) is -3.37. The van der Waals surface area contributed by atoms with Crippen molar-refractivity contribution in [2.75, 3.05) is 6.54 Å². The number of carbonyl (C=O) groups is 1. The Balaban J connectivity index is 2.10. The Kier molecular flexibility index (Phi) is 5.29. The quantitative estimate of drug-likeness (QED) is 0.530. The molecule has 0 aliphatic rings. The molecule has 1 heterocycles. The fraction of sp³-hybridized carbons (Fsp3) is 0.438. The molecule has 9 heteroatoms. The average molecular weight is 351 g/mol. The van der Waals surface area contributed by atoms with Gasteiger partial charge in [-0.25, -0.2) is 9.59 Å². The fourth-order valence-electron chi connectivity index (χ4n) is 2.20. The number of aromatic nitrogens is 2. The third-order valence-electron chi connectivity index (χ3n) is 3.32. The molecule has 2 atom stereocenters. The number of ether oxygens (including phenoxy) is 1. The normalized spacial score (nSPS) is 14.1. The Morgan fingerprint density at radius 3 is 2.56 bits per heavy atom. The van der Waals surface area contributed by atoms with E-state index in [-0.39, 0.29) is 17.5 Å². The van der Waals surface area contributed by atoms with Crippen LogP contribution in [0.3, 0.4) is 0 Å². The highest BCUT2D eigenvalue weighted by atomic mass is 16.6. The summed E-state index contributed by atoms with van der Waals surface area (Å²) in [7, 11) is 0. The maximum atomic E-state index is 11.8. The lowest BCUT2D eigenvalue weighted by molar-refractivity contribution is 0.0130. The standard InChI is InChI=1S/C16H21N3O6/c1-16(2,3)25-15(24)17-7-11(20)12(21)8-4-5-10-9(6-8)13(22)19-14(23)18-10/h4-6,11-12,20-21H,7H2,1-3H3,(H,17,24)(H2,18,19,22,23). The topological polar surface area (TPSA) is 145 Å². The van der Waals surface area contributed by atoms with Crippen LogP contribution in [0.1, 0.15) is 32.4 Å². The van der Waals surface area contributed by atoms with Gasteiger partial charge >= 0.3 is 11.8 Å². The summed E-state index contributed by atoms with van der Waals surface area (Å²) >= 11 is 0. The van der Waals surface area contributed by atoms with Gasteiger partial charge in [0.2, 0.25) is 0 Å². The number of aromatic amines is 2. The van der Waals surface area contributed by atoms with E-state index in [0.717, 1.165) is 0 Å². The molecule has 2 unspecified atom stereocenters.